The molecule has 2 rings (SSSR count). The molecule has 1 unspecified atom stereocenters. The van der Waals surface area contributed by atoms with E-state index < -0.39 is 0 Å². The largest absolute Gasteiger partial charge is 0.337 e. The first-order chi connectivity index (χ1) is 7.72. The van der Waals surface area contributed by atoms with Gasteiger partial charge in [-0.05, 0) is 37.4 Å². The molecule has 1 aliphatic rings. The fourth-order valence-corrected chi connectivity index (χ4v) is 2.07. The van der Waals surface area contributed by atoms with Crippen LogP contribution in [-0.2, 0) is 0 Å². The van der Waals surface area contributed by atoms with Crippen LogP contribution in [0.1, 0.15) is 22.5 Å². The Morgan fingerprint density at radius 1 is 1.69 bits per heavy atom. The number of rotatable bonds is 2. The molecular formula is C12H17N3O. The van der Waals surface area contributed by atoms with E-state index in [9.17, 15) is 4.79 Å². The molecule has 1 fully saturated rings. The molecule has 1 aromatic rings. The summed E-state index contributed by atoms with van der Waals surface area (Å²) in [6, 6.07) is 3.76. The van der Waals surface area contributed by atoms with E-state index in [4.69, 9.17) is 5.73 Å². The van der Waals surface area contributed by atoms with Crippen LogP contribution >= 0.6 is 0 Å². The smallest absolute Gasteiger partial charge is 0.272 e. The minimum absolute atomic E-state index is 0.0362. The average Bonchev–Trinajstić information content (AvgIpc) is 2.77. The topological polar surface area (TPSA) is 59.2 Å². The normalized spacial score (nSPS) is 20.1. The molecule has 0 radical (unpaired) electrons. The van der Waals surface area contributed by atoms with Crippen molar-refractivity contribution in [3.8, 4) is 0 Å². The third-order valence-corrected chi connectivity index (χ3v) is 3.12. The standard InChI is InChI=1S/C12H17N3O/c1-9-3-2-5-14-11(9)12(16)15-6-4-10(7-13)8-15/h2-3,5,10H,4,6-8,13H2,1H3. The Hall–Kier alpha value is -1.42. The first-order valence-corrected chi connectivity index (χ1v) is 5.63. The molecule has 0 aromatic carbocycles. The second kappa shape index (κ2) is 4.61. The van der Waals surface area contributed by atoms with Crippen molar-refractivity contribution in [3.63, 3.8) is 0 Å². The number of aryl methyl sites for hydroxylation is 1. The molecular weight excluding hydrogens is 202 g/mol. The predicted octanol–water partition coefficient (Wildman–Crippen LogP) is 0.811. The molecule has 1 atom stereocenters. The second-order valence-corrected chi connectivity index (χ2v) is 4.31. The van der Waals surface area contributed by atoms with Crippen LogP contribution < -0.4 is 5.73 Å². The predicted molar refractivity (Wildman–Crippen MR) is 62.0 cm³/mol. The zero-order valence-corrected chi connectivity index (χ0v) is 9.52. The van der Waals surface area contributed by atoms with Crippen LogP contribution in [0.4, 0.5) is 0 Å². The molecule has 0 bridgehead atoms. The maximum Gasteiger partial charge on any atom is 0.272 e. The van der Waals surface area contributed by atoms with Crippen LogP contribution in [0.25, 0.3) is 0 Å². The number of hydrogen-bond donors (Lipinski definition) is 1. The van der Waals surface area contributed by atoms with Gasteiger partial charge in [0, 0.05) is 19.3 Å². The summed E-state index contributed by atoms with van der Waals surface area (Å²) in [6.45, 7) is 4.14. The summed E-state index contributed by atoms with van der Waals surface area (Å²) in [5.41, 5.74) is 7.11. The summed E-state index contributed by atoms with van der Waals surface area (Å²) in [5.74, 6) is 0.488. The number of carbonyl (C=O) groups is 1. The van der Waals surface area contributed by atoms with Gasteiger partial charge in [-0.25, -0.2) is 0 Å². The highest BCUT2D eigenvalue weighted by atomic mass is 16.2. The van der Waals surface area contributed by atoms with Crippen molar-refractivity contribution in [3.05, 3.63) is 29.6 Å². The van der Waals surface area contributed by atoms with Gasteiger partial charge in [0.15, 0.2) is 0 Å². The minimum Gasteiger partial charge on any atom is -0.337 e. The van der Waals surface area contributed by atoms with Crippen LogP contribution in [0.3, 0.4) is 0 Å². The monoisotopic (exact) mass is 219 g/mol. The summed E-state index contributed by atoms with van der Waals surface area (Å²) in [4.78, 5) is 18.2. The Kier molecular flexibility index (Phi) is 3.19. The number of likely N-dealkylation sites (tertiary alicyclic amines) is 1. The fraction of sp³-hybridized carbons (Fsp3) is 0.500. The van der Waals surface area contributed by atoms with E-state index in [1.807, 2.05) is 24.0 Å². The highest BCUT2D eigenvalue weighted by molar-refractivity contribution is 5.93. The first-order valence-electron chi connectivity index (χ1n) is 5.63. The molecule has 86 valence electrons. The van der Waals surface area contributed by atoms with Crippen molar-refractivity contribution < 1.29 is 4.79 Å². The Bertz CT molecular complexity index is 392. The highest BCUT2D eigenvalue weighted by Gasteiger charge is 2.27. The van der Waals surface area contributed by atoms with Crippen molar-refractivity contribution in [1.29, 1.82) is 0 Å². The van der Waals surface area contributed by atoms with E-state index in [0.717, 1.165) is 25.1 Å². The molecule has 1 saturated heterocycles. The molecule has 2 N–H and O–H groups in total. The zero-order chi connectivity index (χ0) is 11.5. The third kappa shape index (κ3) is 2.07. The molecule has 2 heterocycles. The Labute approximate surface area is 95.5 Å². The van der Waals surface area contributed by atoms with Crippen LogP contribution in [0.15, 0.2) is 18.3 Å². The summed E-state index contributed by atoms with van der Waals surface area (Å²) in [5, 5.41) is 0. The molecule has 4 heteroatoms. The SMILES string of the molecule is Cc1cccnc1C(=O)N1CCC(CN)C1. The summed E-state index contributed by atoms with van der Waals surface area (Å²) in [7, 11) is 0. The van der Waals surface area contributed by atoms with Crippen LogP contribution in [0, 0.1) is 12.8 Å². The number of nitrogens with two attached hydrogens (primary N) is 1. The summed E-state index contributed by atoms with van der Waals surface area (Å²) < 4.78 is 0. The van der Waals surface area contributed by atoms with Crippen molar-refractivity contribution >= 4 is 5.91 Å². The highest BCUT2D eigenvalue weighted by Crippen LogP contribution is 2.18. The maximum absolute atomic E-state index is 12.2. The van der Waals surface area contributed by atoms with Crippen LogP contribution in [0.5, 0.6) is 0 Å². The number of amides is 1. The van der Waals surface area contributed by atoms with E-state index in [-0.39, 0.29) is 5.91 Å². The fourth-order valence-electron chi connectivity index (χ4n) is 2.07. The third-order valence-electron chi connectivity index (χ3n) is 3.12. The molecule has 1 aromatic heterocycles. The van der Waals surface area contributed by atoms with Gasteiger partial charge in [0.25, 0.3) is 5.91 Å². The lowest BCUT2D eigenvalue weighted by Gasteiger charge is -2.16. The summed E-state index contributed by atoms with van der Waals surface area (Å²) >= 11 is 0. The molecule has 1 aliphatic heterocycles. The zero-order valence-electron chi connectivity index (χ0n) is 9.52. The van der Waals surface area contributed by atoms with Gasteiger partial charge in [0.1, 0.15) is 5.69 Å². The Morgan fingerprint density at radius 3 is 3.12 bits per heavy atom. The van der Waals surface area contributed by atoms with Gasteiger partial charge in [-0.1, -0.05) is 6.07 Å². The van der Waals surface area contributed by atoms with Crippen LogP contribution in [-0.4, -0.2) is 35.4 Å². The van der Waals surface area contributed by atoms with Gasteiger partial charge in [-0.3, -0.25) is 9.78 Å². The quantitative estimate of drug-likeness (QED) is 0.800. The molecule has 1 amide bonds. The van der Waals surface area contributed by atoms with E-state index in [1.54, 1.807) is 6.20 Å². The lowest BCUT2D eigenvalue weighted by atomic mass is 10.1. The summed E-state index contributed by atoms with van der Waals surface area (Å²) in [6.07, 6.45) is 2.67. The second-order valence-electron chi connectivity index (χ2n) is 4.31. The molecule has 4 nitrogen and oxygen atoms in total. The van der Waals surface area contributed by atoms with E-state index in [2.05, 4.69) is 4.98 Å². The van der Waals surface area contributed by atoms with Gasteiger partial charge in [-0.2, -0.15) is 0 Å². The van der Waals surface area contributed by atoms with Gasteiger partial charge in [0.05, 0.1) is 0 Å². The van der Waals surface area contributed by atoms with Crippen molar-refractivity contribution in [2.45, 2.75) is 13.3 Å². The number of hydrogen-bond acceptors (Lipinski definition) is 3. The van der Waals surface area contributed by atoms with Crippen molar-refractivity contribution in [1.82, 2.24) is 9.88 Å². The van der Waals surface area contributed by atoms with Gasteiger partial charge >= 0.3 is 0 Å². The van der Waals surface area contributed by atoms with E-state index >= 15 is 0 Å². The van der Waals surface area contributed by atoms with Crippen molar-refractivity contribution in [2.75, 3.05) is 19.6 Å². The Balaban J connectivity index is 2.12. The molecule has 0 saturated carbocycles. The first kappa shape index (κ1) is 11.1. The number of carbonyl (C=O) groups excluding carboxylic acids is 1. The van der Waals surface area contributed by atoms with Gasteiger partial charge in [-0.15, -0.1) is 0 Å². The van der Waals surface area contributed by atoms with Gasteiger partial charge < -0.3 is 10.6 Å². The number of nitrogens with zero attached hydrogens (tertiary/aromatic N) is 2. The van der Waals surface area contributed by atoms with Crippen LogP contribution in [0.2, 0.25) is 0 Å². The number of pyridine rings is 1. The average molecular weight is 219 g/mol. The number of aromatic nitrogens is 1. The molecule has 16 heavy (non-hydrogen) atoms. The van der Waals surface area contributed by atoms with Gasteiger partial charge in [0.2, 0.25) is 0 Å². The lowest BCUT2D eigenvalue weighted by Crippen LogP contribution is -2.31. The minimum atomic E-state index is 0.0362. The molecule has 0 spiro atoms. The van der Waals surface area contributed by atoms with E-state index in [0.29, 0.717) is 18.2 Å². The Morgan fingerprint density at radius 2 is 2.50 bits per heavy atom. The maximum atomic E-state index is 12.2. The van der Waals surface area contributed by atoms with Crippen molar-refractivity contribution in [2.24, 2.45) is 11.7 Å². The lowest BCUT2D eigenvalue weighted by molar-refractivity contribution is 0.0781. The van der Waals surface area contributed by atoms with E-state index in [1.165, 1.54) is 0 Å². The molecule has 0 aliphatic carbocycles.